The standard InChI is InChI=1S/C17H21FN2O/c1-3-19-15-10-14(11-6-4-5-7-11)20-16-9-13(18)17(21-2)8-12(15)16/h8-11H,3-7H2,1-2H3,(H,19,20). The Kier molecular flexibility index (Phi) is 3.95. The quantitative estimate of drug-likeness (QED) is 0.901. The van der Waals surface area contributed by atoms with E-state index in [2.05, 4.69) is 18.3 Å². The highest BCUT2D eigenvalue weighted by molar-refractivity contribution is 5.92. The molecular weight excluding hydrogens is 267 g/mol. The molecule has 21 heavy (non-hydrogen) atoms. The monoisotopic (exact) mass is 288 g/mol. The molecule has 1 heterocycles. The van der Waals surface area contributed by atoms with Crippen LogP contribution < -0.4 is 10.1 Å². The molecule has 4 heteroatoms. The lowest BCUT2D eigenvalue weighted by molar-refractivity contribution is 0.387. The Morgan fingerprint density at radius 3 is 2.71 bits per heavy atom. The molecule has 0 unspecified atom stereocenters. The fraction of sp³-hybridized carbons (Fsp3) is 0.471. The first-order chi connectivity index (χ1) is 10.2. The van der Waals surface area contributed by atoms with Crippen molar-refractivity contribution < 1.29 is 9.13 Å². The van der Waals surface area contributed by atoms with E-state index in [9.17, 15) is 4.39 Å². The van der Waals surface area contributed by atoms with E-state index < -0.39 is 0 Å². The first-order valence-corrected chi connectivity index (χ1v) is 7.65. The number of hydrogen-bond acceptors (Lipinski definition) is 3. The normalized spacial score (nSPS) is 15.6. The fourth-order valence-corrected chi connectivity index (χ4v) is 3.17. The summed E-state index contributed by atoms with van der Waals surface area (Å²) in [6.07, 6.45) is 4.89. The molecule has 0 aliphatic heterocycles. The zero-order valence-corrected chi connectivity index (χ0v) is 12.6. The van der Waals surface area contributed by atoms with Crippen LogP contribution in [-0.4, -0.2) is 18.6 Å². The van der Waals surface area contributed by atoms with Crippen LogP contribution in [0.2, 0.25) is 0 Å². The van der Waals surface area contributed by atoms with Crippen molar-refractivity contribution in [2.24, 2.45) is 0 Å². The number of fused-ring (bicyclic) bond motifs is 1. The van der Waals surface area contributed by atoms with Gasteiger partial charge in [-0.3, -0.25) is 4.98 Å². The lowest BCUT2D eigenvalue weighted by atomic mass is 10.0. The molecule has 0 saturated heterocycles. The predicted octanol–water partition coefficient (Wildman–Crippen LogP) is 4.47. The number of benzene rings is 1. The number of nitrogens with one attached hydrogen (secondary N) is 1. The number of halogens is 1. The molecule has 1 N–H and O–H groups in total. The summed E-state index contributed by atoms with van der Waals surface area (Å²) in [7, 11) is 1.48. The maximum atomic E-state index is 14.0. The highest BCUT2D eigenvalue weighted by Crippen LogP contribution is 2.37. The summed E-state index contributed by atoms with van der Waals surface area (Å²) < 4.78 is 19.0. The van der Waals surface area contributed by atoms with Crippen LogP contribution in [0.4, 0.5) is 10.1 Å². The molecule has 0 atom stereocenters. The zero-order valence-electron chi connectivity index (χ0n) is 12.6. The van der Waals surface area contributed by atoms with Crippen molar-refractivity contribution in [1.82, 2.24) is 4.98 Å². The molecule has 1 aromatic carbocycles. The predicted molar refractivity (Wildman–Crippen MR) is 83.6 cm³/mol. The molecule has 1 saturated carbocycles. The number of nitrogens with zero attached hydrogens (tertiary/aromatic N) is 1. The lowest BCUT2D eigenvalue weighted by Gasteiger charge is -2.15. The van der Waals surface area contributed by atoms with Crippen LogP contribution >= 0.6 is 0 Å². The first kappa shape index (κ1) is 14.1. The molecule has 3 rings (SSSR count). The van der Waals surface area contributed by atoms with E-state index in [-0.39, 0.29) is 11.6 Å². The highest BCUT2D eigenvalue weighted by Gasteiger charge is 2.20. The van der Waals surface area contributed by atoms with Gasteiger partial charge in [0.25, 0.3) is 0 Å². The molecule has 1 aromatic heterocycles. The van der Waals surface area contributed by atoms with Gasteiger partial charge in [0.1, 0.15) is 0 Å². The van der Waals surface area contributed by atoms with Gasteiger partial charge in [-0.25, -0.2) is 4.39 Å². The van der Waals surface area contributed by atoms with Crippen LogP contribution in [0.15, 0.2) is 18.2 Å². The van der Waals surface area contributed by atoms with Crippen LogP contribution in [0.1, 0.15) is 44.2 Å². The summed E-state index contributed by atoms with van der Waals surface area (Å²) in [5.74, 6) is 0.414. The van der Waals surface area contributed by atoms with E-state index in [1.807, 2.05) is 0 Å². The van der Waals surface area contributed by atoms with E-state index in [0.717, 1.165) is 23.3 Å². The van der Waals surface area contributed by atoms with Crippen LogP contribution in [0, 0.1) is 5.82 Å². The number of aromatic nitrogens is 1. The summed E-state index contributed by atoms with van der Waals surface area (Å²) in [4.78, 5) is 4.70. The third kappa shape index (κ3) is 2.67. The Labute approximate surface area is 124 Å². The van der Waals surface area contributed by atoms with Gasteiger partial charge >= 0.3 is 0 Å². The van der Waals surface area contributed by atoms with Gasteiger partial charge in [-0.2, -0.15) is 0 Å². The minimum Gasteiger partial charge on any atom is -0.494 e. The van der Waals surface area contributed by atoms with E-state index in [1.165, 1.54) is 38.9 Å². The van der Waals surface area contributed by atoms with Crippen LogP contribution in [0.3, 0.4) is 0 Å². The van der Waals surface area contributed by atoms with Gasteiger partial charge in [0.15, 0.2) is 11.6 Å². The molecule has 1 fully saturated rings. The SMILES string of the molecule is CCNc1cc(C2CCCC2)nc2cc(F)c(OC)cc12. The van der Waals surface area contributed by atoms with Crippen LogP contribution in [0.5, 0.6) is 5.75 Å². The molecule has 1 aliphatic carbocycles. The third-order valence-electron chi connectivity index (χ3n) is 4.24. The second-order valence-electron chi connectivity index (χ2n) is 5.61. The summed E-state index contributed by atoms with van der Waals surface area (Å²) in [6, 6.07) is 5.33. The van der Waals surface area contributed by atoms with Crippen molar-refractivity contribution in [2.75, 3.05) is 19.0 Å². The average molecular weight is 288 g/mol. The molecule has 2 aromatic rings. The van der Waals surface area contributed by atoms with Gasteiger partial charge in [-0.05, 0) is 31.9 Å². The van der Waals surface area contributed by atoms with Gasteiger partial charge in [0.2, 0.25) is 0 Å². The van der Waals surface area contributed by atoms with Crippen LogP contribution in [-0.2, 0) is 0 Å². The van der Waals surface area contributed by atoms with E-state index in [1.54, 1.807) is 6.07 Å². The van der Waals surface area contributed by atoms with E-state index >= 15 is 0 Å². The smallest absolute Gasteiger partial charge is 0.167 e. The zero-order chi connectivity index (χ0) is 14.8. The van der Waals surface area contributed by atoms with E-state index in [0.29, 0.717) is 11.4 Å². The largest absolute Gasteiger partial charge is 0.494 e. The van der Waals surface area contributed by atoms with Crippen molar-refractivity contribution in [2.45, 2.75) is 38.5 Å². The maximum absolute atomic E-state index is 14.0. The number of ether oxygens (including phenoxy) is 1. The third-order valence-corrected chi connectivity index (χ3v) is 4.24. The number of anilines is 1. The second-order valence-corrected chi connectivity index (χ2v) is 5.61. The first-order valence-electron chi connectivity index (χ1n) is 7.65. The summed E-state index contributed by atoms with van der Waals surface area (Å²) in [5.41, 5.74) is 2.80. The van der Waals surface area contributed by atoms with Gasteiger partial charge in [-0.1, -0.05) is 12.8 Å². The molecule has 0 amide bonds. The molecule has 1 aliphatic rings. The Morgan fingerprint density at radius 1 is 1.29 bits per heavy atom. The van der Waals surface area contributed by atoms with E-state index in [4.69, 9.17) is 9.72 Å². The van der Waals surface area contributed by atoms with Gasteiger partial charge in [0.05, 0.1) is 12.6 Å². The fourth-order valence-electron chi connectivity index (χ4n) is 3.17. The van der Waals surface area contributed by atoms with Gasteiger partial charge in [0, 0.05) is 35.3 Å². The number of hydrogen-bond donors (Lipinski definition) is 1. The second kappa shape index (κ2) is 5.88. The molecule has 3 nitrogen and oxygen atoms in total. The van der Waals surface area contributed by atoms with Crippen LogP contribution in [0.25, 0.3) is 10.9 Å². The molecule has 112 valence electrons. The van der Waals surface area contributed by atoms with Crippen molar-refractivity contribution in [3.8, 4) is 5.75 Å². The van der Waals surface area contributed by atoms with Crippen molar-refractivity contribution >= 4 is 16.6 Å². The summed E-state index contributed by atoms with van der Waals surface area (Å²) >= 11 is 0. The Morgan fingerprint density at radius 2 is 2.05 bits per heavy atom. The summed E-state index contributed by atoms with van der Waals surface area (Å²) in [5, 5.41) is 4.28. The summed E-state index contributed by atoms with van der Waals surface area (Å²) in [6.45, 7) is 2.88. The number of pyridine rings is 1. The highest BCUT2D eigenvalue weighted by atomic mass is 19.1. The maximum Gasteiger partial charge on any atom is 0.167 e. The molecular formula is C17H21FN2O. The lowest BCUT2D eigenvalue weighted by Crippen LogP contribution is -2.03. The minimum atomic E-state index is -0.358. The topological polar surface area (TPSA) is 34.2 Å². The molecule has 0 radical (unpaired) electrons. The van der Waals surface area contributed by atoms with Gasteiger partial charge < -0.3 is 10.1 Å². The van der Waals surface area contributed by atoms with Crippen molar-refractivity contribution in [3.05, 3.63) is 29.7 Å². The Bertz CT molecular complexity index is 651. The Balaban J connectivity index is 2.15. The minimum absolute atomic E-state index is 0.261. The molecule has 0 spiro atoms. The van der Waals surface area contributed by atoms with Crippen molar-refractivity contribution in [3.63, 3.8) is 0 Å². The molecule has 0 bridgehead atoms. The number of rotatable bonds is 4. The Hall–Kier alpha value is -1.84. The average Bonchev–Trinajstić information content (AvgIpc) is 3.01. The number of methoxy groups -OCH3 is 1. The van der Waals surface area contributed by atoms with Gasteiger partial charge in [-0.15, -0.1) is 0 Å². The van der Waals surface area contributed by atoms with Crippen molar-refractivity contribution in [1.29, 1.82) is 0 Å².